The van der Waals surface area contributed by atoms with Crippen LogP contribution in [0.2, 0.25) is 0 Å². The molecule has 31 heavy (non-hydrogen) atoms. The molecule has 0 spiro atoms. The van der Waals surface area contributed by atoms with Crippen LogP contribution in [0.3, 0.4) is 0 Å². The van der Waals surface area contributed by atoms with Crippen molar-refractivity contribution in [3.8, 4) is 5.69 Å². The number of nitrogens with one attached hydrogen (secondary N) is 1. The van der Waals surface area contributed by atoms with E-state index in [1.165, 1.54) is 5.69 Å². The summed E-state index contributed by atoms with van der Waals surface area (Å²) in [6.45, 7) is 8.18. The highest BCUT2D eigenvalue weighted by Crippen LogP contribution is 2.24. The SMILES string of the molecule is CCN(CC)c1ccc(-n2nc3cc(C)c(NC(=O)c4ccc(Br)cc4)cc3n2)cc1. The first-order valence-electron chi connectivity index (χ1n) is 10.3. The minimum Gasteiger partial charge on any atom is -0.372 e. The maximum Gasteiger partial charge on any atom is 0.255 e. The first-order valence-corrected chi connectivity index (χ1v) is 11.1. The molecular weight excluding hydrogens is 454 g/mol. The Labute approximate surface area is 190 Å². The average Bonchev–Trinajstić information content (AvgIpc) is 3.18. The Morgan fingerprint density at radius 2 is 1.58 bits per heavy atom. The number of carbonyl (C=O) groups is 1. The Bertz CT molecular complexity index is 1210. The summed E-state index contributed by atoms with van der Waals surface area (Å²) in [5, 5.41) is 12.2. The Hall–Kier alpha value is -3.19. The number of fused-ring (bicyclic) bond motifs is 1. The molecule has 7 heteroatoms. The molecule has 0 saturated heterocycles. The number of aromatic nitrogens is 3. The van der Waals surface area contributed by atoms with Crippen molar-refractivity contribution in [1.29, 1.82) is 0 Å². The normalized spacial score (nSPS) is 11.0. The zero-order valence-electron chi connectivity index (χ0n) is 17.8. The lowest BCUT2D eigenvalue weighted by molar-refractivity contribution is 0.102. The van der Waals surface area contributed by atoms with Gasteiger partial charge < -0.3 is 10.2 Å². The molecule has 1 amide bonds. The predicted molar refractivity (Wildman–Crippen MR) is 129 cm³/mol. The van der Waals surface area contributed by atoms with Gasteiger partial charge in [-0.1, -0.05) is 15.9 Å². The van der Waals surface area contributed by atoms with Crippen LogP contribution >= 0.6 is 15.9 Å². The van der Waals surface area contributed by atoms with Gasteiger partial charge in [0.05, 0.1) is 5.69 Å². The fraction of sp³-hybridized carbons (Fsp3) is 0.208. The standard InChI is InChI=1S/C24H24BrN5O/c1-4-29(5-2)19-10-12-20(13-11-19)30-27-22-14-16(3)21(15-23(22)28-30)26-24(31)17-6-8-18(25)9-7-17/h6-15H,4-5H2,1-3H3,(H,26,31). The molecule has 0 atom stereocenters. The van der Waals surface area contributed by atoms with Gasteiger partial charge in [0.25, 0.3) is 5.91 Å². The fourth-order valence-corrected chi connectivity index (χ4v) is 3.76. The van der Waals surface area contributed by atoms with E-state index in [4.69, 9.17) is 0 Å². The molecule has 0 fully saturated rings. The third kappa shape index (κ3) is 4.46. The highest BCUT2D eigenvalue weighted by atomic mass is 79.9. The van der Waals surface area contributed by atoms with Gasteiger partial charge in [0, 0.05) is 34.5 Å². The van der Waals surface area contributed by atoms with Gasteiger partial charge in [-0.3, -0.25) is 4.79 Å². The van der Waals surface area contributed by atoms with Crippen LogP contribution in [-0.4, -0.2) is 34.0 Å². The van der Waals surface area contributed by atoms with Crippen LogP contribution in [0, 0.1) is 6.92 Å². The molecule has 0 unspecified atom stereocenters. The van der Waals surface area contributed by atoms with E-state index in [1.54, 1.807) is 16.9 Å². The largest absolute Gasteiger partial charge is 0.372 e. The number of nitrogens with zero attached hydrogens (tertiary/aromatic N) is 4. The van der Waals surface area contributed by atoms with E-state index in [1.807, 2.05) is 43.3 Å². The molecule has 0 bridgehead atoms. The van der Waals surface area contributed by atoms with E-state index in [0.717, 1.165) is 45.5 Å². The molecule has 4 aromatic rings. The Morgan fingerprint density at radius 1 is 0.968 bits per heavy atom. The summed E-state index contributed by atoms with van der Waals surface area (Å²) in [6.07, 6.45) is 0. The summed E-state index contributed by atoms with van der Waals surface area (Å²) in [4.78, 5) is 16.5. The van der Waals surface area contributed by atoms with E-state index < -0.39 is 0 Å². The Balaban J connectivity index is 1.60. The third-order valence-corrected chi connectivity index (χ3v) is 5.82. The number of benzene rings is 3. The summed E-state index contributed by atoms with van der Waals surface area (Å²) in [5.74, 6) is -0.158. The molecule has 0 radical (unpaired) electrons. The number of hydrogen-bond acceptors (Lipinski definition) is 4. The van der Waals surface area contributed by atoms with Crippen LogP contribution in [0.25, 0.3) is 16.7 Å². The number of amides is 1. The quantitative estimate of drug-likeness (QED) is 0.393. The summed E-state index contributed by atoms with van der Waals surface area (Å²) in [6, 6.07) is 19.3. The Morgan fingerprint density at radius 3 is 2.19 bits per heavy atom. The second kappa shape index (κ2) is 8.89. The van der Waals surface area contributed by atoms with Crippen molar-refractivity contribution >= 4 is 44.2 Å². The van der Waals surface area contributed by atoms with Crippen LogP contribution in [0.15, 0.2) is 65.1 Å². The van der Waals surface area contributed by atoms with Gasteiger partial charge in [0.15, 0.2) is 0 Å². The molecule has 0 saturated carbocycles. The molecule has 1 aromatic heterocycles. The van der Waals surface area contributed by atoms with Crippen LogP contribution in [-0.2, 0) is 0 Å². The topological polar surface area (TPSA) is 63.1 Å². The zero-order chi connectivity index (χ0) is 22.0. The van der Waals surface area contributed by atoms with E-state index in [0.29, 0.717) is 5.56 Å². The van der Waals surface area contributed by atoms with Crippen LogP contribution in [0.5, 0.6) is 0 Å². The molecule has 1 heterocycles. The minimum atomic E-state index is -0.158. The van der Waals surface area contributed by atoms with Gasteiger partial charge in [0.1, 0.15) is 11.0 Å². The van der Waals surface area contributed by atoms with E-state index in [-0.39, 0.29) is 5.91 Å². The summed E-state index contributed by atoms with van der Waals surface area (Å²) in [5.41, 5.74) is 5.84. The van der Waals surface area contributed by atoms with Crippen LogP contribution in [0.4, 0.5) is 11.4 Å². The average molecular weight is 478 g/mol. The van der Waals surface area contributed by atoms with Crippen molar-refractivity contribution in [2.24, 2.45) is 0 Å². The number of anilines is 2. The van der Waals surface area contributed by atoms with Crippen molar-refractivity contribution in [2.75, 3.05) is 23.3 Å². The minimum absolute atomic E-state index is 0.158. The molecule has 3 aromatic carbocycles. The summed E-state index contributed by atoms with van der Waals surface area (Å²) in [7, 11) is 0. The van der Waals surface area contributed by atoms with Crippen molar-refractivity contribution in [2.45, 2.75) is 20.8 Å². The molecule has 0 aliphatic carbocycles. The number of carbonyl (C=O) groups excluding carboxylic acids is 1. The molecule has 6 nitrogen and oxygen atoms in total. The van der Waals surface area contributed by atoms with Gasteiger partial charge in [-0.25, -0.2) is 0 Å². The van der Waals surface area contributed by atoms with Gasteiger partial charge in [0.2, 0.25) is 0 Å². The molecule has 4 rings (SSSR count). The van der Waals surface area contributed by atoms with Crippen molar-refractivity contribution in [3.05, 3.63) is 76.3 Å². The number of halogens is 1. The second-order valence-electron chi connectivity index (χ2n) is 7.29. The lowest BCUT2D eigenvalue weighted by atomic mass is 10.1. The molecule has 0 aliphatic heterocycles. The van der Waals surface area contributed by atoms with E-state index in [2.05, 4.69) is 62.3 Å². The van der Waals surface area contributed by atoms with Crippen LogP contribution in [0.1, 0.15) is 29.8 Å². The van der Waals surface area contributed by atoms with Crippen LogP contribution < -0.4 is 10.2 Å². The third-order valence-electron chi connectivity index (χ3n) is 5.29. The summed E-state index contributed by atoms with van der Waals surface area (Å²) < 4.78 is 0.934. The van der Waals surface area contributed by atoms with Crippen molar-refractivity contribution < 1.29 is 4.79 Å². The molecule has 1 N–H and O–H groups in total. The highest BCUT2D eigenvalue weighted by Gasteiger charge is 2.12. The van der Waals surface area contributed by atoms with E-state index in [9.17, 15) is 4.79 Å². The number of hydrogen-bond donors (Lipinski definition) is 1. The lowest BCUT2D eigenvalue weighted by Gasteiger charge is -2.20. The molecule has 158 valence electrons. The fourth-order valence-electron chi connectivity index (χ4n) is 3.50. The highest BCUT2D eigenvalue weighted by molar-refractivity contribution is 9.10. The van der Waals surface area contributed by atoms with Gasteiger partial charge in [-0.2, -0.15) is 4.80 Å². The number of aryl methyl sites for hydroxylation is 1. The van der Waals surface area contributed by atoms with Gasteiger partial charge >= 0.3 is 0 Å². The summed E-state index contributed by atoms with van der Waals surface area (Å²) >= 11 is 3.39. The van der Waals surface area contributed by atoms with Gasteiger partial charge in [-0.05, 0) is 87.0 Å². The van der Waals surface area contributed by atoms with Gasteiger partial charge in [-0.15, -0.1) is 10.2 Å². The molecule has 0 aliphatic rings. The van der Waals surface area contributed by atoms with Crippen molar-refractivity contribution in [1.82, 2.24) is 15.0 Å². The monoisotopic (exact) mass is 477 g/mol. The Kier molecular flexibility index (Phi) is 6.04. The lowest BCUT2D eigenvalue weighted by Crippen LogP contribution is -2.21. The van der Waals surface area contributed by atoms with Crippen molar-refractivity contribution in [3.63, 3.8) is 0 Å². The molecular formula is C24H24BrN5O. The zero-order valence-corrected chi connectivity index (χ0v) is 19.3. The maximum atomic E-state index is 12.6. The maximum absolute atomic E-state index is 12.6. The second-order valence-corrected chi connectivity index (χ2v) is 8.21. The number of rotatable bonds is 6. The van der Waals surface area contributed by atoms with E-state index >= 15 is 0 Å². The predicted octanol–water partition coefficient (Wildman–Crippen LogP) is 5.59. The first-order chi connectivity index (χ1) is 15.0. The first kappa shape index (κ1) is 21.1. The smallest absolute Gasteiger partial charge is 0.255 e.